The summed E-state index contributed by atoms with van der Waals surface area (Å²) >= 11 is 12.3. The van der Waals surface area contributed by atoms with Gasteiger partial charge in [-0.25, -0.2) is 0 Å². The number of carbonyl (C=O) groups is 1. The number of hydrogen-bond donors (Lipinski definition) is 2. The first kappa shape index (κ1) is 15.6. The van der Waals surface area contributed by atoms with Crippen molar-refractivity contribution in [3.05, 3.63) is 27.7 Å². The molecular weight excluding hydrogens is 295 g/mol. The van der Waals surface area contributed by atoms with Gasteiger partial charge in [0.2, 0.25) is 5.91 Å². The van der Waals surface area contributed by atoms with Gasteiger partial charge in [0.1, 0.15) is 0 Å². The summed E-state index contributed by atoms with van der Waals surface area (Å²) in [4.78, 5) is 12.6. The minimum absolute atomic E-state index is 0.0447. The van der Waals surface area contributed by atoms with Crippen LogP contribution in [-0.4, -0.2) is 19.0 Å². The largest absolute Gasteiger partial charge is 0.324 e. The van der Waals surface area contributed by atoms with Crippen molar-refractivity contribution in [2.75, 3.05) is 18.4 Å². The first-order valence-electron chi connectivity index (χ1n) is 6.96. The van der Waals surface area contributed by atoms with Crippen LogP contribution in [0.3, 0.4) is 0 Å². The van der Waals surface area contributed by atoms with Gasteiger partial charge in [-0.3, -0.25) is 4.79 Å². The Morgan fingerprint density at radius 2 is 1.95 bits per heavy atom. The molecule has 110 valence electrons. The smallest absolute Gasteiger partial charge is 0.230 e. The van der Waals surface area contributed by atoms with E-state index in [-0.39, 0.29) is 11.3 Å². The summed E-state index contributed by atoms with van der Waals surface area (Å²) in [5, 5.41) is 7.39. The average Bonchev–Trinajstić information content (AvgIpc) is 2.45. The Labute approximate surface area is 130 Å². The number of rotatable bonds is 3. The van der Waals surface area contributed by atoms with E-state index in [2.05, 4.69) is 17.6 Å². The number of hydrogen-bond acceptors (Lipinski definition) is 2. The zero-order chi connectivity index (χ0) is 14.8. The molecule has 2 rings (SSSR count). The number of amides is 1. The molecule has 0 atom stereocenters. The molecule has 1 aliphatic heterocycles. The molecule has 1 aliphatic rings. The maximum absolute atomic E-state index is 12.6. The number of aryl methyl sites for hydroxylation is 1. The molecule has 2 N–H and O–H groups in total. The molecule has 20 heavy (non-hydrogen) atoms. The van der Waals surface area contributed by atoms with E-state index >= 15 is 0 Å². The number of piperidine rings is 1. The van der Waals surface area contributed by atoms with Crippen LogP contribution in [0, 0.1) is 12.3 Å². The second-order valence-corrected chi connectivity index (χ2v) is 6.23. The molecule has 0 bridgehead atoms. The Morgan fingerprint density at radius 3 is 2.55 bits per heavy atom. The van der Waals surface area contributed by atoms with E-state index < -0.39 is 0 Å². The third-order valence-corrected chi connectivity index (χ3v) is 4.94. The van der Waals surface area contributed by atoms with Gasteiger partial charge < -0.3 is 10.6 Å². The topological polar surface area (TPSA) is 41.1 Å². The summed E-state index contributed by atoms with van der Waals surface area (Å²) in [6.45, 7) is 5.71. The minimum Gasteiger partial charge on any atom is -0.324 e. The Kier molecular flexibility index (Phi) is 4.95. The zero-order valence-corrected chi connectivity index (χ0v) is 13.4. The van der Waals surface area contributed by atoms with Gasteiger partial charge in [0.15, 0.2) is 0 Å². The number of benzene rings is 1. The van der Waals surface area contributed by atoms with Crippen LogP contribution in [0.1, 0.15) is 31.7 Å². The second kappa shape index (κ2) is 6.33. The number of carbonyl (C=O) groups excluding carboxylic acids is 1. The van der Waals surface area contributed by atoms with Crippen LogP contribution in [-0.2, 0) is 4.79 Å². The highest BCUT2D eigenvalue weighted by atomic mass is 35.5. The molecule has 1 fully saturated rings. The van der Waals surface area contributed by atoms with Crippen molar-refractivity contribution in [3.63, 3.8) is 0 Å². The lowest BCUT2D eigenvalue weighted by molar-refractivity contribution is -0.127. The van der Waals surface area contributed by atoms with Gasteiger partial charge >= 0.3 is 0 Å². The third kappa shape index (κ3) is 3.11. The van der Waals surface area contributed by atoms with Gasteiger partial charge in [0.05, 0.1) is 16.1 Å². The van der Waals surface area contributed by atoms with Gasteiger partial charge in [-0.05, 0) is 57.0 Å². The van der Waals surface area contributed by atoms with E-state index in [1.54, 1.807) is 12.1 Å². The average molecular weight is 315 g/mol. The molecule has 0 spiro atoms. The number of anilines is 1. The molecule has 0 saturated carbocycles. The SMILES string of the molecule is CCC1(C(=O)Nc2cc(Cl)c(C)cc2Cl)CCNCC1. The van der Waals surface area contributed by atoms with Crippen molar-refractivity contribution in [1.82, 2.24) is 5.32 Å². The molecule has 1 aromatic rings. The van der Waals surface area contributed by atoms with E-state index in [4.69, 9.17) is 23.2 Å². The van der Waals surface area contributed by atoms with Crippen molar-refractivity contribution in [2.24, 2.45) is 5.41 Å². The van der Waals surface area contributed by atoms with E-state index in [9.17, 15) is 4.79 Å². The standard InChI is InChI=1S/C15H20Cl2N2O/c1-3-15(4-6-18-7-5-15)14(20)19-13-9-11(16)10(2)8-12(13)17/h8-9,18H,3-7H2,1-2H3,(H,19,20). The Balaban J connectivity index is 2.20. The molecule has 3 nitrogen and oxygen atoms in total. The second-order valence-electron chi connectivity index (χ2n) is 5.42. The predicted octanol–water partition coefficient (Wildman–Crippen LogP) is 4.02. The lowest BCUT2D eigenvalue weighted by Crippen LogP contribution is -2.44. The zero-order valence-electron chi connectivity index (χ0n) is 11.9. The Hall–Kier alpha value is -0.770. The van der Waals surface area contributed by atoms with Gasteiger partial charge in [-0.2, -0.15) is 0 Å². The summed E-state index contributed by atoms with van der Waals surface area (Å²) in [5.74, 6) is 0.0447. The molecule has 0 aromatic heterocycles. The fraction of sp³-hybridized carbons (Fsp3) is 0.533. The van der Waals surface area contributed by atoms with Crippen LogP contribution in [0.5, 0.6) is 0 Å². The summed E-state index contributed by atoms with van der Waals surface area (Å²) in [6.07, 6.45) is 2.54. The highest BCUT2D eigenvalue weighted by molar-refractivity contribution is 6.36. The van der Waals surface area contributed by atoms with Crippen molar-refractivity contribution in [1.29, 1.82) is 0 Å². The number of halogens is 2. The predicted molar refractivity (Wildman–Crippen MR) is 84.7 cm³/mol. The Morgan fingerprint density at radius 1 is 1.30 bits per heavy atom. The van der Waals surface area contributed by atoms with Gasteiger partial charge in [-0.15, -0.1) is 0 Å². The fourth-order valence-corrected chi connectivity index (χ4v) is 3.07. The highest BCUT2D eigenvalue weighted by Crippen LogP contribution is 2.36. The molecule has 1 amide bonds. The normalized spacial score (nSPS) is 17.8. The molecule has 0 aliphatic carbocycles. The molecule has 1 saturated heterocycles. The Bertz CT molecular complexity index is 511. The maximum atomic E-state index is 12.6. The first-order valence-corrected chi connectivity index (χ1v) is 7.72. The summed E-state index contributed by atoms with van der Waals surface area (Å²) in [6, 6.07) is 3.50. The summed E-state index contributed by atoms with van der Waals surface area (Å²) < 4.78 is 0. The van der Waals surface area contributed by atoms with E-state index in [0.717, 1.165) is 37.9 Å². The van der Waals surface area contributed by atoms with Gasteiger partial charge in [-0.1, -0.05) is 30.1 Å². The lowest BCUT2D eigenvalue weighted by atomic mass is 9.76. The maximum Gasteiger partial charge on any atom is 0.230 e. The van der Waals surface area contributed by atoms with E-state index in [1.165, 1.54) is 0 Å². The summed E-state index contributed by atoms with van der Waals surface area (Å²) in [7, 11) is 0. The molecular formula is C15H20Cl2N2O. The quantitative estimate of drug-likeness (QED) is 0.884. The monoisotopic (exact) mass is 314 g/mol. The number of nitrogens with one attached hydrogen (secondary N) is 2. The van der Waals surface area contributed by atoms with Crippen molar-refractivity contribution >= 4 is 34.8 Å². The van der Waals surface area contributed by atoms with Gasteiger partial charge in [0, 0.05) is 5.02 Å². The van der Waals surface area contributed by atoms with Crippen LogP contribution in [0.4, 0.5) is 5.69 Å². The molecule has 1 aromatic carbocycles. The van der Waals surface area contributed by atoms with E-state index in [1.807, 2.05) is 6.92 Å². The van der Waals surface area contributed by atoms with Crippen LogP contribution in [0.15, 0.2) is 12.1 Å². The lowest BCUT2D eigenvalue weighted by Gasteiger charge is -2.35. The molecule has 0 radical (unpaired) electrons. The van der Waals surface area contributed by atoms with Crippen molar-refractivity contribution in [3.8, 4) is 0 Å². The van der Waals surface area contributed by atoms with E-state index in [0.29, 0.717) is 15.7 Å². The van der Waals surface area contributed by atoms with Crippen LogP contribution in [0.2, 0.25) is 10.0 Å². The first-order chi connectivity index (χ1) is 9.48. The fourth-order valence-electron chi connectivity index (χ4n) is 2.64. The molecule has 5 heteroatoms. The van der Waals surface area contributed by atoms with Crippen molar-refractivity contribution in [2.45, 2.75) is 33.1 Å². The third-order valence-electron chi connectivity index (χ3n) is 4.22. The highest BCUT2D eigenvalue weighted by Gasteiger charge is 2.37. The molecule has 1 heterocycles. The van der Waals surface area contributed by atoms with Crippen molar-refractivity contribution < 1.29 is 4.79 Å². The minimum atomic E-state index is -0.300. The van der Waals surface area contributed by atoms with Crippen LogP contribution < -0.4 is 10.6 Å². The molecule has 0 unspecified atom stereocenters. The summed E-state index contributed by atoms with van der Waals surface area (Å²) in [5.41, 5.74) is 1.20. The van der Waals surface area contributed by atoms with Crippen LogP contribution in [0.25, 0.3) is 0 Å². The van der Waals surface area contributed by atoms with Gasteiger partial charge in [0.25, 0.3) is 0 Å². The van der Waals surface area contributed by atoms with Crippen LogP contribution >= 0.6 is 23.2 Å².